The van der Waals surface area contributed by atoms with Crippen LogP contribution < -0.4 is 10.0 Å². The molecule has 2 atom stereocenters. The van der Waals surface area contributed by atoms with E-state index in [1.54, 1.807) is 12.1 Å². The van der Waals surface area contributed by atoms with Crippen LogP contribution in [0.15, 0.2) is 30.3 Å². The van der Waals surface area contributed by atoms with Crippen molar-refractivity contribution in [2.75, 3.05) is 5.32 Å². The van der Waals surface area contributed by atoms with E-state index in [2.05, 4.69) is 10.0 Å². The van der Waals surface area contributed by atoms with Crippen LogP contribution >= 0.6 is 0 Å². The molecule has 0 bridgehead atoms. The van der Waals surface area contributed by atoms with Gasteiger partial charge in [-0.1, -0.05) is 18.2 Å². The molecule has 0 saturated heterocycles. The third-order valence-electron chi connectivity index (χ3n) is 4.21. The number of carbonyl (C=O) groups is 1. The summed E-state index contributed by atoms with van der Waals surface area (Å²) >= 11 is 0. The normalized spacial score (nSPS) is 24.9. The van der Waals surface area contributed by atoms with Gasteiger partial charge in [0.05, 0.1) is 5.25 Å². The van der Waals surface area contributed by atoms with Crippen molar-refractivity contribution >= 4 is 21.8 Å². The van der Waals surface area contributed by atoms with Gasteiger partial charge >= 0.3 is 6.09 Å². The number of carbonyl (C=O) groups excluding carboxylic acids is 1. The quantitative estimate of drug-likeness (QED) is 0.864. The van der Waals surface area contributed by atoms with Crippen molar-refractivity contribution in [2.24, 2.45) is 0 Å². The van der Waals surface area contributed by atoms with Crippen LogP contribution in [0.3, 0.4) is 0 Å². The summed E-state index contributed by atoms with van der Waals surface area (Å²) in [5.74, 6) is 0. The molecule has 2 saturated carbocycles. The molecule has 0 aromatic heterocycles. The zero-order valence-corrected chi connectivity index (χ0v) is 13.7. The van der Waals surface area contributed by atoms with Crippen LogP contribution in [0.2, 0.25) is 0 Å². The summed E-state index contributed by atoms with van der Waals surface area (Å²) in [6.45, 7) is 0. The monoisotopic (exact) mass is 338 g/mol. The Hall–Kier alpha value is -1.60. The molecule has 0 radical (unpaired) electrons. The van der Waals surface area contributed by atoms with Crippen LogP contribution in [0.1, 0.15) is 38.5 Å². The lowest BCUT2D eigenvalue weighted by molar-refractivity contribution is 0.0793. The highest BCUT2D eigenvalue weighted by Gasteiger charge is 2.38. The fraction of sp³-hybridized carbons (Fsp3) is 0.562. The van der Waals surface area contributed by atoms with Crippen molar-refractivity contribution in [2.45, 2.75) is 55.9 Å². The van der Waals surface area contributed by atoms with Crippen molar-refractivity contribution in [3.05, 3.63) is 30.3 Å². The topological polar surface area (TPSA) is 84.5 Å². The molecule has 2 aliphatic rings. The second kappa shape index (κ2) is 6.88. The molecule has 0 spiro atoms. The number of benzene rings is 1. The van der Waals surface area contributed by atoms with Gasteiger partial charge in [0.15, 0.2) is 0 Å². The van der Waals surface area contributed by atoms with Gasteiger partial charge in [0, 0.05) is 18.2 Å². The van der Waals surface area contributed by atoms with Crippen molar-refractivity contribution in [3.63, 3.8) is 0 Å². The van der Waals surface area contributed by atoms with Crippen molar-refractivity contribution in [1.29, 1.82) is 0 Å². The molecule has 3 rings (SSSR count). The van der Waals surface area contributed by atoms with Crippen LogP contribution in [0.4, 0.5) is 10.5 Å². The molecule has 1 aromatic rings. The molecule has 7 heteroatoms. The molecule has 2 N–H and O–H groups in total. The van der Waals surface area contributed by atoms with Crippen LogP contribution in [0.5, 0.6) is 0 Å². The molecule has 6 nitrogen and oxygen atoms in total. The number of anilines is 1. The minimum Gasteiger partial charge on any atom is -0.446 e. The van der Waals surface area contributed by atoms with Gasteiger partial charge in [-0.25, -0.2) is 17.9 Å². The summed E-state index contributed by atoms with van der Waals surface area (Å²) in [5, 5.41) is 2.46. The third kappa shape index (κ3) is 4.68. The minimum atomic E-state index is -3.19. The van der Waals surface area contributed by atoms with Crippen molar-refractivity contribution in [3.8, 4) is 0 Å². The summed E-state index contributed by atoms with van der Waals surface area (Å²) in [5.41, 5.74) is 0.680. The maximum absolute atomic E-state index is 12.0. The third-order valence-corrected chi connectivity index (χ3v) is 6.23. The van der Waals surface area contributed by atoms with E-state index in [1.165, 1.54) is 0 Å². The van der Waals surface area contributed by atoms with Crippen LogP contribution in [-0.2, 0) is 14.8 Å². The SMILES string of the molecule is O=C(Nc1ccccc1)O[C@@H]1CCC[C@@H](NS(=O)(=O)C2CC2)C1. The maximum atomic E-state index is 12.0. The van der Waals surface area contributed by atoms with E-state index in [9.17, 15) is 13.2 Å². The fourth-order valence-corrected chi connectivity index (χ4v) is 4.51. The Morgan fingerprint density at radius 2 is 1.83 bits per heavy atom. The van der Waals surface area contributed by atoms with E-state index in [-0.39, 0.29) is 17.4 Å². The molecule has 2 aliphatic carbocycles. The minimum absolute atomic E-state index is 0.135. The van der Waals surface area contributed by atoms with Gasteiger partial charge in [-0.2, -0.15) is 0 Å². The average Bonchev–Trinajstić information content (AvgIpc) is 3.33. The first-order valence-electron chi connectivity index (χ1n) is 8.07. The zero-order valence-electron chi connectivity index (χ0n) is 12.9. The molecular weight excluding hydrogens is 316 g/mol. The molecule has 126 valence electrons. The molecular formula is C16H22N2O4S. The second-order valence-corrected chi connectivity index (χ2v) is 8.24. The summed E-state index contributed by atoms with van der Waals surface area (Å²) in [4.78, 5) is 11.9. The number of hydrogen-bond acceptors (Lipinski definition) is 4. The van der Waals surface area contributed by atoms with E-state index in [0.29, 0.717) is 12.1 Å². The molecule has 0 aliphatic heterocycles. The standard InChI is InChI=1S/C16H22N2O4S/c19-16(17-12-5-2-1-3-6-12)22-14-8-4-7-13(11-14)18-23(20,21)15-9-10-15/h1-3,5-6,13-15,18H,4,7-11H2,(H,17,19)/t13-,14-/m1/s1. The summed E-state index contributed by atoms with van der Waals surface area (Å²) in [6, 6.07) is 8.97. The van der Waals surface area contributed by atoms with E-state index in [1.807, 2.05) is 18.2 Å². The average molecular weight is 338 g/mol. The van der Waals surface area contributed by atoms with Gasteiger partial charge in [0.1, 0.15) is 6.10 Å². The first kappa shape index (κ1) is 16.3. The van der Waals surface area contributed by atoms with Crippen LogP contribution in [0, 0.1) is 0 Å². The number of hydrogen-bond donors (Lipinski definition) is 2. The van der Waals surface area contributed by atoms with E-state index >= 15 is 0 Å². The summed E-state index contributed by atoms with van der Waals surface area (Å²) in [6.07, 6.45) is 3.71. The number of rotatable bonds is 5. The Morgan fingerprint density at radius 1 is 1.09 bits per heavy atom. The highest BCUT2D eigenvalue weighted by Crippen LogP contribution is 2.29. The van der Waals surface area contributed by atoms with Gasteiger partial charge in [-0.15, -0.1) is 0 Å². The number of sulfonamides is 1. The first-order chi connectivity index (χ1) is 11.0. The summed E-state index contributed by atoms with van der Waals surface area (Å²) in [7, 11) is -3.19. The van der Waals surface area contributed by atoms with E-state index < -0.39 is 16.1 Å². The zero-order chi connectivity index (χ0) is 16.3. The fourth-order valence-electron chi connectivity index (χ4n) is 2.89. The lowest BCUT2D eigenvalue weighted by Gasteiger charge is -2.29. The van der Waals surface area contributed by atoms with Crippen molar-refractivity contribution in [1.82, 2.24) is 4.72 Å². The van der Waals surface area contributed by atoms with E-state index in [4.69, 9.17) is 4.74 Å². The molecule has 23 heavy (non-hydrogen) atoms. The van der Waals surface area contributed by atoms with Crippen molar-refractivity contribution < 1.29 is 17.9 Å². The predicted molar refractivity (Wildman–Crippen MR) is 87.7 cm³/mol. The largest absolute Gasteiger partial charge is 0.446 e. The van der Waals surface area contributed by atoms with Crippen LogP contribution in [-0.4, -0.2) is 31.9 Å². The summed E-state index contributed by atoms with van der Waals surface area (Å²) < 4.78 is 32.2. The Kier molecular flexibility index (Phi) is 4.87. The van der Waals surface area contributed by atoms with Gasteiger partial charge in [-0.3, -0.25) is 5.32 Å². The Morgan fingerprint density at radius 3 is 2.52 bits per heavy atom. The highest BCUT2D eigenvalue weighted by molar-refractivity contribution is 7.90. The maximum Gasteiger partial charge on any atom is 0.411 e. The Bertz CT molecular complexity index is 643. The Labute approximate surface area is 136 Å². The van der Waals surface area contributed by atoms with Gasteiger partial charge in [-0.05, 0) is 44.2 Å². The lowest BCUT2D eigenvalue weighted by atomic mass is 9.94. The van der Waals surface area contributed by atoms with Gasteiger partial charge in [0.2, 0.25) is 10.0 Å². The highest BCUT2D eigenvalue weighted by atomic mass is 32.2. The molecule has 1 aromatic carbocycles. The number of nitrogens with one attached hydrogen (secondary N) is 2. The molecule has 0 unspecified atom stereocenters. The number of ether oxygens (including phenoxy) is 1. The Balaban J connectivity index is 1.49. The molecule has 0 heterocycles. The number of amides is 1. The first-order valence-corrected chi connectivity index (χ1v) is 9.61. The van der Waals surface area contributed by atoms with Crippen LogP contribution in [0.25, 0.3) is 0 Å². The van der Waals surface area contributed by atoms with Gasteiger partial charge < -0.3 is 4.74 Å². The lowest BCUT2D eigenvalue weighted by Crippen LogP contribution is -2.42. The predicted octanol–water partition coefficient (Wildman–Crippen LogP) is 2.63. The van der Waals surface area contributed by atoms with E-state index in [0.717, 1.165) is 32.1 Å². The smallest absolute Gasteiger partial charge is 0.411 e. The molecule has 2 fully saturated rings. The van der Waals surface area contributed by atoms with Gasteiger partial charge in [0.25, 0.3) is 0 Å². The second-order valence-electron chi connectivity index (χ2n) is 6.24. The molecule has 1 amide bonds. The number of para-hydroxylation sites is 1.